The van der Waals surface area contributed by atoms with Gasteiger partial charge < -0.3 is 5.11 Å². The molecule has 1 aromatic carbocycles. The molecule has 15 heavy (non-hydrogen) atoms. The third kappa shape index (κ3) is 3.92. The fraction of sp³-hybridized carbons (Fsp3) is 0.538. The van der Waals surface area contributed by atoms with Gasteiger partial charge in [-0.2, -0.15) is 0 Å². The maximum Gasteiger partial charge on any atom is 0.115 e. The Balaban J connectivity index is 2.50. The summed E-state index contributed by atoms with van der Waals surface area (Å²) >= 11 is 0. The van der Waals surface area contributed by atoms with Gasteiger partial charge in [0.2, 0.25) is 0 Å². The second kappa shape index (κ2) is 5.76. The lowest BCUT2D eigenvalue weighted by atomic mass is 10.1. The van der Waals surface area contributed by atoms with Gasteiger partial charge in [0.05, 0.1) is 0 Å². The van der Waals surface area contributed by atoms with Crippen LogP contribution in [0.3, 0.4) is 0 Å². The summed E-state index contributed by atoms with van der Waals surface area (Å²) in [5.74, 6) is 0.336. The third-order valence-electron chi connectivity index (χ3n) is 2.83. The first-order valence-electron chi connectivity index (χ1n) is 5.61. The van der Waals surface area contributed by atoms with Crippen molar-refractivity contribution in [2.45, 2.75) is 39.3 Å². The van der Waals surface area contributed by atoms with E-state index in [1.807, 2.05) is 12.1 Å². The van der Waals surface area contributed by atoms with Crippen molar-refractivity contribution >= 4 is 0 Å². The van der Waals surface area contributed by atoms with Gasteiger partial charge in [0.25, 0.3) is 0 Å². The molecule has 0 bridgehead atoms. The standard InChI is InChI=1S/C13H21NO/c1-4-5-11(2)14(3)10-12-6-8-13(15)9-7-12/h6-9,11,15H,4-5,10H2,1-3H3. The molecule has 0 aliphatic carbocycles. The summed E-state index contributed by atoms with van der Waals surface area (Å²) in [4.78, 5) is 2.34. The highest BCUT2D eigenvalue weighted by Gasteiger charge is 2.08. The molecule has 84 valence electrons. The van der Waals surface area contributed by atoms with Crippen molar-refractivity contribution in [3.8, 4) is 5.75 Å². The average Bonchev–Trinajstić information content (AvgIpc) is 2.22. The van der Waals surface area contributed by atoms with Gasteiger partial charge in [0.1, 0.15) is 5.75 Å². The largest absolute Gasteiger partial charge is 0.508 e. The first kappa shape index (κ1) is 12.1. The monoisotopic (exact) mass is 207 g/mol. The number of phenols is 1. The van der Waals surface area contributed by atoms with Gasteiger partial charge in [-0.3, -0.25) is 4.90 Å². The SMILES string of the molecule is CCCC(C)N(C)Cc1ccc(O)cc1. The van der Waals surface area contributed by atoms with Crippen molar-refractivity contribution in [2.75, 3.05) is 7.05 Å². The summed E-state index contributed by atoms with van der Waals surface area (Å²) in [6, 6.07) is 8.06. The van der Waals surface area contributed by atoms with Crippen LogP contribution < -0.4 is 0 Å². The molecule has 1 atom stereocenters. The second-order valence-electron chi connectivity index (χ2n) is 4.22. The lowest BCUT2D eigenvalue weighted by Crippen LogP contribution is -2.28. The summed E-state index contributed by atoms with van der Waals surface area (Å²) < 4.78 is 0. The van der Waals surface area contributed by atoms with Crippen LogP contribution in [0.4, 0.5) is 0 Å². The van der Waals surface area contributed by atoms with Crippen LogP contribution in [-0.2, 0) is 6.54 Å². The van der Waals surface area contributed by atoms with Crippen molar-refractivity contribution in [1.29, 1.82) is 0 Å². The number of aromatic hydroxyl groups is 1. The topological polar surface area (TPSA) is 23.5 Å². The van der Waals surface area contributed by atoms with Crippen LogP contribution >= 0.6 is 0 Å². The van der Waals surface area contributed by atoms with Gasteiger partial charge in [0.15, 0.2) is 0 Å². The van der Waals surface area contributed by atoms with E-state index in [2.05, 4.69) is 25.8 Å². The van der Waals surface area contributed by atoms with Crippen molar-refractivity contribution in [3.05, 3.63) is 29.8 Å². The van der Waals surface area contributed by atoms with Crippen LogP contribution in [0.25, 0.3) is 0 Å². The zero-order valence-corrected chi connectivity index (χ0v) is 9.90. The van der Waals surface area contributed by atoms with E-state index in [0.717, 1.165) is 6.54 Å². The second-order valence-corrected chi connectivity index (χ2v) is 4.22. The van der Waals surface area contributed by atoms with Gasteiger partial charge in [-0.05, 0) is 38.1 Å². The smallest absolute Gasteiger partial charge is 0.115 e. The van der Waals surface area contributed by atoms with E-state index in [0.29, 0.717) is 11.8 Å². The lowest BCUT2D eigenvalue weighted by molar-refractivity contribution is 0.237. The molecule has 0 radical (unpaired) electrons. The molecule has 1 N–H and O–H groups in total. The van der Waals surface area contributed by atoms with Crippen LogP contribution in [0.2, 0.25) is 0 Å². The zero-order chi connectivity index (χ0) is 11.3. The molecule has 0 aliphatic heterocycles. The lowest BCUT2D eigenvalue weighted by Gasteiger charge is -2.24. The minimum atomic E-state index is 0.336. The molecule has 0 saturated heterocycles. The Labute approximate surface area is 92.5 Å². The number of benzene rings is 1. The number of hydrogen-bond donors (Lipinski definition) is 1. The molecule has 1 unspecified atom stereocenters. The van der Waals surface area contributed by atoms with E-state index in [1.54, 1.807) is 12.1 Å². The Morgan fingerprint density at radius 1 is 1.27 bits per heavy atom. The molecule has 0 amide bonds. The van der Waals surface area contributed by atoms with E-state index in [9.17, 15) is 5.11 Å². The van der Waals surface area contributed by atoms with Crippen LogP contribution in [-0.4, -0.2) is 23.1 Å². The number of hydrogen-bond acceptors (Lipinski definition) is 2. The molecule has 0 aromatic heterocycles. The van der Waals surface area contributed by atoms with Crippen LogP contribution in [0.5, 0.6) is 5.75 Å². The molecule has 0 saturated carbocycles. The fourth-order valence-electron chi connectivity index (χ4n) is 1.68. The normalized spacial score (nSPS) is 13.1. The Bertz CT molecular complexity index is 281. The highest BCUT2D eigenvalue weighted by molar-refractivity contribution is 5.25. The van der Waals surface area contributed by atoms with Crippen LogP contribution in [0.15, 0.2) is 24.3 Å². The molecule has 0 spiro atoms. The van der Waals surface area contributed by atoms with Crippen molar-refractivity contribution < 1.29 is 5.11 Å². The van der Waals surface area contributed by atoms with Gasteiger partial charge in [-0.25, -0.2) is 0 Å². The van der Waals surface area contributed by atoms with Crippen molar-refractivity contribution in [2.24, 2.45) is 0 Å². The fourth-order valence-corrected chi connectivity index (χ4v) is 1.68. The highest BCUT2D eigenvalue weighted by atomic mass is 16.3. The predicted molar refractivity (Wildman–Crippen MR) is 63.9 cm³/mol. The zero-order valence-electron chi connectivity index (χ0n) is 9.90. The molecule has 0 fully saturated rings. The molecular formula is C13H21NO. The van der Waals surface area contributed by atoms with E-state index < -0.39 is 0 Å². The minimum absolute atomic E-state index is 0.336. The first-order valence-corrected chi connectivity index (χ1v) is 5.61. The summed E-state index contributed by atoms with van der Waals surface area (Å²) in [5, 5.41) is 9.17. The van der Waals surface area contributed by atoms with E-state index in [-0.39, 0.29) is 0 Å². The van der Waals surface area contributed by atoms with Crippen LogP contribution in [0, 0.1) is 0 Å². The third-order valence-corrected chi connectivity index (χ3v) is 2.83. The Hall–Kier alpha value is -1.02. The maximum absolute atomic E-state index is 9.17. The van der Waals surface area contributed by atoms with Gasteiger partial charge in [0, 0.05) is 12.6 Å². The van der Waals surface area contributed by atoms with E-state index in [4.69, 9.17) is 0 Å². The summed E-state index contributed by atoms with van der Waals surface area (Å²) in [6.07, 6.45) is 2.45. The minimum Gasteiger partial charge on any atom is -0.508 e. The molecule has 1 aromatic rings. The summed E-state index contributed by atoms with van der Waals surface area (Å²) in [6.45, 7) is 5.41. The van der Waals surface area contributed by atoms with E-state index >= 15 is 0 Å². The average molecular weight is 207 g/mol. The van der Waals surface area contributed by atoms with Gasteiger partial charge in [-0.15, -0.1) is 0 Å². The molecule has 2 nitrogen and oxygen atoms in total. The quantitative estimate of drug-likeness (QED) is 0.802. The Morgan fingerprint density at radius 2 is 1.87 bits per heavy atom. The Kier molecular flexibility index (Phi) is 4.63. The molecule has 0 aliphatic rings. The molecule has 2 heteroatoms. The van der Waals surface area contributed by atoms with Crippen molar-refractivity contribution in [3.63, 3.8) is 0 Å². The number of phenolic OH excluding ortho intramolecular Hbond substituents is 1. The van der Waals surface area contributed by atoms with E-state index in [1.165, 1.54) is 18.4 Å². The van der Waals surface area contributed by atoms with Gasteiger partial charge in [-0.1, -0.05) is 25.5 Å². The number of rotatable bonds is 5. The highest BCUT2D eigenvalue weighted by Crippen LogP contribution is 2.13. The predicted octanol–water partition coefficient (Wildman–Crippen LogP) is 3.01. The molecular weight excluding hydrogens is 186 g/mol. The summed E-state index contributed by atoms with van der Waals surface area (Å²) in [7, 11) is 2.15. The van der Waals surface area contributed by atoms with Crippen LogP contribution in [0.1, 0.15) is 32.3 Å². The Morgan fingerprint density at radius 3 is 2.40 bits per heavy atom. The first-order chi connectivity index (χ1) is 7.13. The summed E-state index contributed by atoms with van der Waals surface area (Å²) in [5.41, 5.74) is 1.25. The molecule has 1 rings (SSSR count). The maximum atomic E-state index is 9.17. The van der Waals surface area contributed by atoms with Crippen molar-refractivity contribution in [1.82, 2.24) is 4.90 Å². The number of nitrogens with zero attached hydrogens (tertiary/aromatic N) is 1. The van der Waals surface area contributed by atoms with Gasteiger partial charge >= 0.3 is 0 Å². The molecule has 0 heterocycles.